The fourth-order valence-electron chi connectivity index (χ4n) is 2.11. The molecule has 0 heterocycles. The third-order valence-corrected chi connectivity index (χ3v) is 3.01. The molecule has 2 heteroatoms. The van der Waals surface area contributed by atoms with Crippen LogP contribution < -0.4 is 0 Å². The zero-order valence-corrected chi connectivity index (χ0v) is 9.53. The van der Waals surface area contributed by atoms with Crippen molar-refractivity contribution in [2.45, 2.75) is 0 Å². The van der Waals surface area contributed by atoms with Gasteiger partial charge in [0, 0.05) is 10.9 Å². The lowest BCUT2D eigenvalue weighted by molar-refractivity contribution is 0.631. The molecular formula is C16H10F2. The van der Waals surface area contributed by atoms with Crippen molar-refractivity contribution in [3.8, 4) is 11.1 Å². The number of fused-ring (bicyclic) bond motifs is 1. The van der Waals surface area contributed by atoms with Crippen molar-refractivity contribution in [3.63, 3.8) is 0 Å². The second kappa shape index (κ2) is 4.22. The largest absolute Gasteiger partial charge is 0.206 e. The molecule has 0 aliphatic rings. The van der Waals surface area contributed by atoms with Gasteiger partial charge in [0.1, 0.15) is 11.6 Å². The van der Waals surface area contributed by atoms with Crippen molar-refractivity contribution in [2.75, 3.05) is 0 Å². The van der Waals surface area contributed by atoms with E-state index in [1.54, 1.807) is 42.5 Å². The lowest BCUT2D eigenvalue weighted by Crippen LogP contribution is -1.85. The first-order chi connectivity index (χ1) is 8.75. The van der Waals surface area contributed by atoms with Crippen LogP contribution >= 0.6 is 0 Å². The van der Waals surface area contributed by atoms with Gasteiger partial charge < -0.3 is 0 Å². The maximum absolute atomic E-state index is 13.7. The van der Waals surface area contributed by atoms with Gasteiger partial charge in [-0.25, -0.2) is 8.78 Å². The number of rotatable bonds is 1. The van der Waals surface area contributed by atoms with E-state index in [0.717, 1.165) is 10.9 Å². The van der Waals surface area contributed by atoms with Crippen molar-refractivity contribution in [3.05, 3.63) is 72.3 Å². The van der Waals surface area contributed by atoms with Crippen LogP contribution in [-0.4, -0.2) is 0 Å². The molecule has 0 bridgehead atoms. The van der Waals surface area contributed by atoms with E-state index in [4.69, 9.17) is 0 Å². The van der Waals surface area contributed by atoms with Gasteiger partial charge in [-0.15, -0.1) is 0 Å². The van der Waals surface area contributed by atoms with Crippen molar-refractivity contribution < 1.29 is 8.78 Å². The van der Waals surface area contributed by atoms with E-state index < -0.39 is 0 Å². The third kappa shape index (κ3) is 1.76. The molecule has 3 aromatic rings. The Morgan fingerprint density at radius 3 is 2.28 bits per heavy atom. The van der Waals surface area contributed by atoms with E-state index in [1.807, 2.05) is 6.07 Å². The summed E-state index contributed by atoms with van der Waals surface area (Å²) in [6.07, 6.45) is 0. The van der Waals surface area contributed by atoms with Crippen LogP contribution in [0.2, 0.25) is 0 Å². The van der Waals surface area contributed by atoms with Gasteiger partial charge in [-0.05, 0) is 29.1 Å². The Hall–Kier alpha value is -2.22. The van der Waals surface area contributed by atoms with Crippen LogP contribution in [0.25, 0.3) is 21.9 Å². The zero-order valence-electron chi connectivity index (χ0n) is 9.53. The van der Waals surface area contributed by atoms with Crippen LogP contribution in [0.1, 0.15) is 0 Å². The molecule has 3 aromatic carbocycles. The van der Waals surface area contributed by atoms with E-state index in [-0.39, 0.29) is 11.6 Å². The average molecular weight is 240 g/mol. The minimum Gasteiger partial charge on any atom is -0.206 e. The van der Waals surface area contributed by atoms with Gasteiger partial charge in [0.15, 0.2) is 0 Å². The van der Waals surface area contributed by atoms with Crippen LogP contribution in [0, 0.1) is 11.6 Å². The first kappa shape index (κ1) is 10.9. The summed E-state index contributed by atoms with van der Waals surface area (Å²) in [5, 5.41) is 1.33. The predicted molar refractivity (Wildman–Crippen MR) is 69.3 cm³/mol. The van der Waals surface area contributed by atoms with Gasteiger partial charge in [-0.2, -0.15) is 0 Å². The summed E-state index contributed by atoms with van der Waals surface area (Å²) in [5.74, 6) is -0.527. The summed E-state index contributed by atoms with van der Waals surface area (Å²) in [6, 6.07) is 16.7. The van der Waals surface area contributed by atoms with E-state index in [1.165, 1.54) is 12.1 Å². The molecule has 0 saturated carbocycles. The SMILES string of the molecule is Fc1ccccc1-c1ccc2c(F)cccc2c1. The predicted octanol–water partition coefficient (Wildman–Crippen LogP) is 4.79. The smallest absolute Gasteiger partial charge is 0.131 e. The molecule has 0 amide bonds. The Bertz CT molecular complexity index is 717. The Morgan fingerprint density at radius 2 is 1.44 bits per heavy atom. The van der Waals surface area contributed by atoms with Crippen molar-refractivity contribution in [1.29, 1.82) is 0 Å². The average Bonchev–Trinajstić information content (AvgIpc) is 2.39. The Kier molecular flexibility index (Phi) is 2.56. The van der Waals surface area contributed by atoms with Gasteiger partial charge in [0.25, 0.3) is 0 Å². The molecule has 0 atom stereocenters. The molecule has 0 nitrogen and oxygen atoms in total. The summed E-state index contributed by atoms with van der Waals surface area (Å²) in [4.78, 5) is 0. The number of hydrogen-bond acceptors (Lipinski definition) is 0. The van der Waals surface area contributed by atoms with E-state index in [2.05, 4.69) is 0 Å². The number of benzene rings is 3. The number of halogens is 2. The maximum atomic E-state index is 13.7. The first-order valence-electron chi connectivity index (χ1n) is 5.69. The first-order valence-corrected chi connectivity index (χ1v) is 5.69. The summed E-state index contributed by atoms with van der Waals surface area (Å²) in [6.45, 7) is 0. The molecule has 18 heavy (non-hydrogen) atoms. The van der Waals surface area contributed by atoms with E-state index >= 15 is 0 Å². The molecule has 0 fully saturated rings. The topological polar surface area (TPSA) is 0 Å². The monoisotopic (exact) mass is 240 g/mol. The molecule has 0 aromatic heterocycles. The quantitative estimate of drug-likeness (QED) is 0.574. The minimum absolute atomic E-state index is 0.257. The van der Waals surface area contributed by atoms with Crippen LogP contribution in [0.4, 0.5) is 8.78 Å². The van der Waals surface area contributed by atoms with Gasteiger partial charge in [-0.3, -0.25) is 0 Å². The van der Waals surface area contributed by atoms with Crippen molar-refractivity contribution in [2.24, 2.45) is 0 Å². The summed E-state index contributed by atoms with van der Waals surface area (Å²) in [5.41, 5.74) is 1.29. The van der Waals surface area contributed by atoms with Crippen LogP contribution in [-0.2, 0) is 0 Å². The normalized spacial score (nSPS) is 10.8. The molecule has 0 unspecified atom stereocenters. The Morgan fingerprint density at radius 1 is 0.667 bits per heavy atom. The van der Waals surface area contributed by atoms with E-state index in [9.17, 15) is 8.78 Å². The zero-order chi connectivity index (χ0) is 12.5. The van der Waals surface area contributed by atoms with Crippen molar-refractivity contribution >= 4 is 10.8 Å². The van der Waals surface area contributed by atoms with Crippen LogP contribution in [0.5, 0.6) is 0 Å². The fourth-order valence-corrected chi connectivity index (χ4v) is 2.11. The lowest BCUT2D eigenvalue weighted by Gasteiger charge is -2.05. The lowest BCUT2D eigenvalue weighted by atomic mass is 10.0. The van der Waals surface area contributed by atoms with Crippen molar-refractivity contribution in [1.82, 2.24) is 0 Å². The van der Waals surface area contributed by atoms with Gasteiger partial charge in [0.05, 0.1) is 0 Å². The molecule has 88 valence electrons. The Balaban J connectivity index is 2.23. The fraction of sp³-hybridized carbons (Fsp3) is 0. The maximum Gasteiger partial charge on any atom is 0.131 e. The molecule has 0 radical (unpaired) electrons. The molecule has 3 rings (SSSR count). The standard InChI is InChI=1S/C16H10F2/c17-15-6-2-1-5-13(15)12-8-9-14-11(10-12)4-3-7-16(14)18/h1-10H. The highest BCUT2D eigenvalue weighted by Gasteiger charge is 2.06. The molecule has 0 saturated heterocycles. The highest BCUT2D eigenvalue weighted by Crippen LogP contribution is 2.27. The highest BCUT2D eigenvalue weighted by molar-refractivity contribution is 5.87. The summed E-state index contributed by atoms with van der Waals surface area (Å²) in [7, 11) is 0. The summed E-state index contributed by atoms with van der Waals surface area (Å²) >= 11 is 0. The molecule has 0 spiro atoms. The second-order valence-electron chi connectivity index (χ2n) is 4.16. The highest BCUT2D eigenvalue weighted by atomic mass is 19.1. The van der Waals surface area contributed by atoms with Crippen LogP contribution in [0.3, 0.4) is 0 Å². The molecule has 0 N–H and O–H groups in total. The number of hydrogen-bond donors (Lipinski definition) is 0. The van der Waals surface area contributed by atoms with Crippen LogP contribution in [0.15, 0.2) is 60.7 Å². The van der Waals surface area contributed by atoms with Gasteiger partial charge in [-0.1, -0.05) is 42.5 Å². The molecular weight excluding hydrogens is 230 g/mol. The summed E-state index contributed by atoms with van der Waals surface area (Å²) < 4.78 is 27.2. The molecule has 0 aliphatic carbocycles. The Labute approximate surface area is 104 Å². The third-order valence-electron chi connectivity index (χ3n) is 3.01. The minimum atomic E-state index is -0.270. The van der Waals surface area contributed by atoms with E-state index in [0.29, 0.717) is 10.9 Å². The van der Waals surface area contributed by atoms with Gasteiger partial charge >= 0.3 is 0 Å². The second-order valence-corrected chi connectivity index (χ2v) is 4.16. The molecule has 0 aliphatic heterocycles. The van der Waals surface area contributed by atoms with Gasteiger partial charge in [0.2, 0.25) is 0 Å².